The fourth-order valence-electron chi connectivity index (χ4n) is 5.30. The van der Waals surface area contributed by atoms with Gasteiger partial charge < -0.3 is 19.4 Å². The minimum absolute atomic E-state index is 0.122. The van der Waals surface area contributed by atoms with Crippen LogP contribution in [0.1, 0.15) is 29.5 Å². The van der Waals surface area contributed by atoms with Gasteiger partial charge in [0.25, 0.3) is 5.56 Å². The number of aromatic amines is 1. The fraction of sp³-hybridized carbons (Fsp3) is 0.241. The van der Waals surface area contributed by atoms with E-state index in [9.17, 15) is 14.7 Å². The van der Waals surface area contributed by atoms with Crippen molar-refractivity contribution in [2.75, 3.05) is 25.2 Å². The highest BCUT2D eigenvalue weighted by atomic mass is 35.5. The molecule has 0 spiro atoms. The van der Waals surface area contributed by atoms with Crippen LogP contribution in [-0.2, 0) is 11.2 Å². The van der Waals surface area contributed by atoms with E-state index >= 15 is 0 Å². The number of carbonyl (C=O) groups is 1. The average Bonchev–Trinajstić information content (AvgIpc) is 3.73. The summed E-state index contributed by atoms with van der Waals surface area (Å²) >= 11 is 6.02. The minimum atomic E-state index is -1.11. The van der Waals surface area contributed by atoms with E-state index in [0.29, 0.717) is 18.1 Å². The zero-order valence-corrected chi connectivity index (χ0v) is 23.6. The Bertz CT molecular complexity index is 1830. The summed E-state index contributed by atoms with van der Waals surface area (Å²) in [6, 6.07) is 12.8. The van der Waals surface area contributed by atoms with Crippen molar-refractivity contribution in [2.24, 2.45) is 0 Å². The molecule has 42 heavy (non-hydrogen) atoms. The number of aryl methyl sites for hydroxylation is 2. The summed E-state index contributed by atoms with van der Waals surface area (Å²) in [5, 5.41) is 17.8. The standard InChI is InChI=1S/C29H27ClN8O4/c1-17-3-6-23(37-16-25(30)34-35-37)21(11-17)19-12-20-5-7-24(38(20)27(39)13-19)28-32-15-22(33-28)18-4-8-26(31-14-18)36(29(40)41)9-10-42-2/h3-4,6,8,11-16,24H,5,7,9-10H2,1-2H3,(H,32,33)(H,40,41)/t24-/m0/s1. The van der Waals surface area contributed by atoms with Gasteiger partial charge in [-0.3, -0.25) is 9.69 Å². The number of nitrogens with one attached hydrogen (secondary N) is 1. The molecule has 0 unspecified atom stereocenters. The number of benzene rings is 1. The summed E-state index contributed by atoms with van der Waals surface area (Å²) in [6.45, 7) is 2.43. The number of anilines is 1. The molecule has 0 radical (unpaired) electrons. The highest BCUT2D eigenvalue weighted by Crippen LogP contribution is 2.34. The largest absolute Gasteiger partial charge is 0.465 e. The fourth-order valence-corrected chi connectivity index (χ4v) is 5.43. The molecule has 1 aliphatic heterocycles. The normalized spacial score (nSPS) is 14.2. The highest BCUT2D eigenvalue weighted by Gasteiger charge is 2.28. The smallest absolute Gasteiger partial charge is 0.413 e. The van der Waals surface area contributed by atoms with E-state index < -0.39 is 6.09 Å². The first-order valence-corrected chi connectivity index (χ1v) is 13.7. The number of rotatable bonds is 8. The molecule has 13 heteroatoms. The summed E-state index contributed by atoms with van der Waals surface area (Å²) in [4.78, 5) is 38.5. The predicted octanol–water partition coefficient (Wildman–Crippen LogP) is 4.51. The minimum Gasteiger partial charge on any atom is -0.465 e. The number of aromatic nitrogens is 7. The number of carboxylic acid groups (broad SMARTS) is 1. The Balaban J connectivity index is 1.28. The van der Waals surface area contributed by atoms with E-state index in [1.165, 1.54) is 7.11 Å². The van der Waals surface area contributed by atoms with E-state index in [1.807, 2.05) is 31.2 Å². The summed E-state index contributed by atoms with van der Waals surface area (Å²) in [6.07, 6.45) is 5.25. The molecule has 0 bridgehead atoms. The van der Waals surface area contributed by atoms with Crippen LogP contribution in [-0.4, -0.2) is 66.0 Å². The number of amides is 1. The van der Waals surface area contributed by atoms with Crippen molar-refractivity contribution in [3.05, 3.63) is 93.6 Å². The lowest BCUT2D eigenvalue weighted by atomic mass is 10.0. The predicted molar refractivity (Wildman–Crippen MR) is 156 cm³/mol. The SMILES string of the molecule is COCCN(C(=O)O)c1ccc(-c2cnc([C@@H]3CCc4cc(-c5cc(C)ccc5-n5cc(Cl)nn5)cc(=O)n43)[nH]2)cn1. The van der Waals surface area contributed by atoms with Gasteiger partial charge in [0, 0.05) is 36.2 Å². The number of methoxy groups -OCH3 is 1. The molecule has 1 atom stereocenters. The Hall–Kier alpha value is -4.81. The maximum Gasteiger partial charge on any atom is 0.413 e. The van der Waals surface area contributed by atoms with Crippen LogP contribution in [0.25, 0.3) is 28.1 Å². The van der Waals surface area contributed by atoms with E-state index in [1.54, 1.807) is 46.0 Å². The number of nitrogens with zero attached hydrogens (tertiary/aromatic N) is 7. The van der Waals surface area contributed by atoms with Crippen LogP contribution in [0.2, 0.25) is 5.15 Å². The monoisotopic (exact) mass is 586 g/mol. The third-order valence-corrected chi connectivity index (χ3v) is 7.48. The second-order valence-electron chi connectivity index (χ2n) is 10.0. The van der Waals surface area contributed by atoms with Crippen LogP contribution in [0.15, 0.2) is 65.8 Å². The van der Waals surface area contributed by atoms with E-state index in [-0.39, 0.29) is 29.9 Å². The van der Waals surface area contributed by atoms with Crippen LogP contribution in [0, 0.1) is 6.92 Å². The quantitative estimate of drug-likeness (QED) is 0.270. The van der Waals surface area contributed by atoms with Crippen molar-refractivity contribution in [2.45, 2.75) is 25.8 Å². The van der Waals surface area contributed by atoms with Crippen LogP contribution in [0.5, 0.6) is 0 Å². The Labute approximate surface area is 245 Å². The first kappa shape index (κ1) is 27.4. The number of ether oxygens (including phenoxy) is 1. The summed E-state index contributed by atoms with van der Waals surface area (Å²) in [7, 11) is 1.51. The van der Waals surface area contributed by atoms with Gasteiger partial charge in [-0.25, -0.2) is 19.4 Å². The molecule has 12 nitrogen and oxygen atoms in total. The highest BCUT2D eigenvalue weighted by molar-refractivity contribution is 6.29. The molecule has 0 saturated heterocycles. The second-order valence-corrected chi connectivity index (χ2v) is 10.4. The number of hydrogen-bond acceptors (Lipinski definition) is 7. The lowest BCUT2D eigenvalue weighted by Gasteiger charge is -2.17. The van der Waals surface area contributed by atoms with Gasteiger partial charge in [0.2, 0.25) is 0 Å². The molecule has 6 rings (SSSR count). The molecule has 5 aromatic rings. The van der Waals surface area contributed by atoms with Crippen LogP contribution in [0.4, 0.5) is 10.6 Å². The third kappa shape index (κ3) is 5.17. The van der Waals surface area contributed by atoms with Crippen molar-refractivity contribution < 1.29 is 14.6 Å². The zero-order chi connectivity index (χ0) is 29.4. The molecule has 0 saturated carbocycles. The van der Waals surface area contributed by atoms with E-state index in [4.69, 9.17) is 16.3 Å². The Morgan fingerprint density at radius 2 is 2.02 bits per heavy atom. The molecule has 214 valence electrons. The molecule has 2 N–H and O–H groups in total. The number of fused-ring (bicyclic) bond motifs is 1. The Morgan fingerprint density at radius 3 is 2.74 bits per heavy atom. The van der Waals surface area contributed by atoms with Gasteiger partial charge in [-0.15, -0.1) is 5.10 Å². The van der Waals surface area contributed by atoms with E-state index in [2.05, 4.69) is 25.3 Å². The molecule has 1 aromatic carbocycles. The first-order chi connectivity index (χ1) is 20.3. The van der Waals surface area contributed by atoms with Gasteiger partial charge in [0.15, 0.2) is 5.15 Å². The second kappa shape index (κ2) is 11.2. The first-order valence-electron chi connectivity index (χ1n) is 13.3. The molecule has 0 fully saturated rings. The Kier molecular flexibility index (Phi) is 7.31. The van der Waals surface area contributed by atoms with Gasteiger partial charge in [-0.1, -0.05) is 28.4 Å². The number of imidazole rings is 1. The number of hydrogen-bond donors (Lipinski definition) is 2. The lowest BCUT2D eigenvalue weighted by molar-refractivity contribution is 0.186. The number of pyridine rings is 2. The zero-order valence-electron chi connectivity index (χ0n) is 22.9. The van der Waals surface area contributed by atoms with E-state index in [0.717, 1.165) is 50.6 Å². The van der Waals surface area contributed by atoms with Crippen LogP contribution >= 0.6 is 11.6 Å². The summed E-state index contributed by atoms with van der Waals surface area (Å²) < 4.78 is 8.39. The maximum atomic E-state index is 13.5. The molecular weight excluding hydrogens is 560 g/mol. The third-order valence-electron chi connectivity index (χ3n) is 7.31. The van der Waals surface area contributed by atoms with Gasteiger partial charge >= 0.3 is 6.09 Å². The molecule has 4 aromatic heterocycles. The van der Waals surface area contributed by atoms with Crippen molar-refractivity contribution in [1.82, 2.24) is 34.5 Å². The average molecular weight is 587 g/mol. The summed E-state index contributed by atoms with van der Waals surface area (Å²) in [5.41, 5.74) is 5.75. The lowest BCUT2D eigenvalue weighted by Crippen LogP contribution is -2.33. The topological polar surface area (TPSA) is 144 Å². The van der Waals surface area contributed by atoms with Crippen molar-refractivity contribution in [3.8, 4) is 28.1 Å². The van der Waals surface area contributed by atoms with Gasteiger partial charge in [0.05, 0.1) is 43.0 Å². The summed E-state index contributed by atoms with van der Waals surface area (Å²) in [5.74, 6) is 0.974. The molecule has 0 aliphatic carbocycles. The van der Waals surface area contributed by atoms with Crippen molar-refractivity contribution in [3.63, 3.8) is 0 Å². The van der Waals surface area contributed by atoms with Crippen LogP contribution < -0.4 is 10.5 Å². The maximum absolute atomic E-state index is 13.5. The van der Waals surface area contributed by atoms with Crippen LogP contribution in [0.3, 0.4) is 0 Å². The van der Waals surface area contributed by atoms with Gasteiger partial charge in [0.1, 0.15) is 11.6 Å². The Morgan fingerprint density at radius 1 is 1.17 bits per heavy atom. The van der Waals surface area contributed by atoms with Crippen molar-refractivity contribution in [1.29, 1.82) is 0 Å². The molecular formula is C29H27ClN8O4. The molecule has 1 amide bonds. The molecule has 5 heterocycles. The number of H-pyrrole nitrogens is 1. The van der Waals surface area contributed by atoms with Gasteiger partial charge in [-0.05, 0) is 55.7 Å². The van der Waals surface area contributed by atoms with Crippen molar-refractivity contribution >= 4 is 23.5 Å². The number of halogens is 1. The van der Waals surface area contributed by atoms with Gasteiger partial charge in [-0.2, -0.15) is 0 Å². The molecule has 1 aliphatic rings.